The molecule has 4 rings (SSSR count). The van der Waals surface area contributed by atoms with E-state index in [1.165, 1.54) is 4.88 Å². The maximum absolute atomic E-state index is 13.3. The zero-order valence-corrected chi connectivity index (χ0v) is 18.3. The highest BCUT2D eigenvalue weighted by atomic mass is 32.1. The van der Waals surface area contributed by atoms with Crippen molar-refractivity contribution in [3.05, 3.63) is 45.8 Å². The van der Waals surface area contributed by atoms with E-state index < -0.39 is 6.10 Å². The van der Waals surface area contributed by atoms with E-state index in [0.29, 0.717) is 42.6 Å². The molecule has 7 heteroatoms. The van der Waals surface area contributed by atoms with Gasteiger partial charge in [-0.05, 0) is 57.2 Å². The van der Waals surface area contributed by atoms with Crippen molar-refractivity contribution >= 4 is 28.2 Å². The number of carbonyl (C=O) groups is 2. The highest BCUT2D eigenvalue weighted by Gasteiger charge is 2.30. The summed E-state index contributed by atoms with van der Waals surface area (Å²) in [5.41, 5.74) is 2.92. The van der Waals surface area contributed by atoms with Crippen molar-refractivity contribution in [1.82, 2.24) is 4.90 Å². The number of nitrogens with one attached hydrogen (secondary N) is 1. The summed E-state index contributed by atoms with van der Waals surface area (Å²) in [5.74, 6) is 0.406. The van der Waals surface area contributed by atoms with Crippen molar-refractivity contribution in [2.45, 2.75) is 45.6 Å². The molecule has 0 radical (unpaired) electrons. The molecule has 1 saturated heterocycles. The van der Waals surface area contributed by atoms with E-state index in [9.17, 15) is 9.59 Å². The first-order valence-electron chi connectivity index (χ1n) is 10.6. The second-order valence-corrected chi connectivity index (χ2v) is 8.99. The number of benzene rings is 1. The lowest BCUT2D eigenvalue weighted by molar-refractivity contribution is -0.122. The molecule has 0 unspecified atom stereocenters. The van der Waals surface area contributed by atoms with Crippen LogP contribution in [-0.4, -0.2) is 49.1 Å². The van der Waals surface area contributed by atoms with Crippen molar-refractivity contribution in [3.8, 4) is 5.75 Å². The van der Waals surface area contributed by atoms with Crippen molar-refractivity contribution < 1.29 is 19.1 Å². The fourth-order valence-electron chi connectivity index (χ4n) is 3.89. The molecule has 1 N–H and O–H groups in total. The van der Waals surface area contributed by atoms with Crippen LogP contribution in [0.25, 0.3) is 0 Å². The molecule has 1 fully saturated rings. The number of hydrogen-bond acceptors (Lipinski definition) is 5. The molecular formula is C23H28N2O4S. The maximum atomic E-state index is 13.3. The summed E-state index contributed by atoms with van der Waals surface area (Å²) in [6.45, 7) is 6.02. The Hall–Kier alpha value is -2.38. The summed E-state index contributed by atoms with van der Waals surface area (Å²) in [4.78, 5) is 29.3. The highest BCUT2D eigenvalue weighted by molar-refractivity contribution is 7.17. The van der Waals surface area contributed by atoms with Crippen LogP contribution in [-0.2, 0) is 22.4 Å². The minimum atomic E-state index is -0.668. The van der Waals surface area contributed by atoms with Gasteiger partial charge in [0, 0.05) is 18.0 Å². The minimum absolute atomic E-state index is 0.0000982. The zero-order chi connectivity index (χ0) is 21.1. The van der Waals surface area contributed by atoms with Crippen LogP contribution in [0.3, 0.4) is 0 Å². The third-order valence-corrected chi connectivity index (χ3v) is 6.83. The Morgan fingerprint density at radius 2 is 1.83 bits per heavy atom. The first-order valence-corrected chi connectivity index (χ1v) is 11.4. The van der Waals surface area contributed by atoms with E-state index in [1.807, 2.05) is 36.1 Å². The number of amides is 2. The van der Waals surface area contributed by atoms with Gasteiger partial charge in [-0.1, -0.05) is 17.7 Å². The molecule has 2 aromatic rings. The predicted molar refractivity (Wildman–Crippen MR) is 118 cm³/mol. The summed E-state index contributed by atoms with van der Waals surface area (Å²) >= 11 is 1.54. The van der Waals surface area contributed by atoms with Gasteiger partial charge in [-0.25, -0.2) is 0 Å². The number of morpholine rings is 1. The van der Waals surface area contributed by atoms with Gasteiger partial charge in [-0.3, -0.25) is 9.59 Å². The second-order valence-electron chi connectivity index (χ2n) is 7.88. The monoisotopic (exact) mass is 428 g/mol. The van der Waals surface area contributed by atoms with Crippen molar-refractivity contribution in [2.24, 2.45) is 0 Å². The Labute approximate surface area is 181 Å². The summed E-state index contributed by atoms with van der Waals surface area (Å²) in [6, 6.07) is 7.62. The molecule has 30 heavy (non-hydrogen) atoms. The smallest absolute Gasteiger partial charge is 0.265 e. The normalized spacial score (nSPS) is 17.2. The molecule has 0 spiro atoms. The van der Waals surface area contributed by atoms with E-state index in [1.54, 1.807) is 18.3 Å². The summed E-state index contributed by atoms with van der Waals surface area (Å²) in [5, 5.41) is 3.65. The van der Waals surface area contributed by atoms with Gasteiger partial charge < -0.3 is 19.7 Å². The lowest BCUT2D eigenvalue weighted by Crippen LogP contribution is -2.41. The van der Waals surface area contributed by atoms with Crippen molar-refractivity contribution in [1.29, 1.82) is 0 Å². The molecule has 2 heterocycles. The largest absolute Gasteiger partial charge is 0.481 e. The van der Waals surface area contributed by atoms with Gasteiger partial charge in [0.05, 0.1) is 18.8 Å². The van der Waals surface area contributed by atoms with E-state index in [-0.39, 0.29) is 11.8 Å². The van der Waals surface area contributed by atoms with E-state index >= 15 is 0 Å². The number of fused-ring (bicyclic) bond motifs is 1. The number of nitrogens with zero attached hydrogens (tertiary/aromatic N) is 1. The van der Waals surface area contributed by atoms with Crippen LogP contribution in [0.2, 0.25) is 0 Å². The second kappa shape index (κ2) is 9.18. The topological polar surface area (TPSA) is 67.9 Å². The summed E-state index contributed by atoms with van der Waals surface area (Å²) < 4.78 is 11.2. The quantitative estimate of drug-likeness (QED) is 0.786. The van der Waals surface area contributed by atoms with Crippen LogP contribution < -0.4 is 10.1 Å². The Balaban J connectivity index is 1.53. The molecule has 1 atom stereocenters. The van der Waals surface area contributed by atoms with Crippen LogP contribution >= 0.6 is 11.3 Å². The Morgan fingerprint density at radius 3 is 2.57 bits per heavy atom. The Kier molecular flexibility index (Phi) is 6.39. The number of ether oxygens (including phenoxy) is 2. The van der Waals surface area contributed by atoms with Gasteiger partial charge >= 0.3 is 0 Å². The van der Waals surface area contributed by atoms with Crippen LogP contribution in [0.15, 0.2) is 24.3 Å². The molecule has 1 aliphatic carbocycles. The summed E-state index contributed by atoms with van der Waals surface area (Å²) in [6.07, 6.45) is 3.39. The van der Waals surface area contributed by atoms with Crippen molar-refractivity contribution in [3.63, 3.8) is 0 Å². The van der Waals surface area contributed by atoms with E-state index in [0.717, 1.165) is 36.8 Å². The standard InChI is InChI=1S/C23H28N2O4S/c1-15-7-9-17(10-8-15)29-16(2)21(26)24-22-20(18-5-3-4-6-19(18)30-22)23(27)25-11-13-28-14-12-25/h7-10,16H,3-6,11-14H2,1-2H3,(H,24,26)/t16-/m1/s1. The van der Waals surface area contributed by atoms with Crippen LogP contribution in [0.1, 0.15) is 46.1 Å². The number of carbonyl (C=O) groups excluding carboxylic acids is 2. The number of thiophene rings is 1. The number of hydrogen-bond donors (Lipinski definition) is 1. The zero-order valence-electron chi connectivity index (χ0n) is 17.5. The molecule has 160 valence electrons. The maximum Gasteiger partial charge on any atom is 0.265 e. The van der Waals surface area contributed by atoms with Crippen molar-refractivity contribution in [2.75, 3.05) is 31.6 Å². The minimum Gasteiger partial charge on any atom is -0.481 e. The third kappa shape index (κ3) is 4.52. The van der Waals surface area contributed by atoms with Gasteiger partial charge in [0.1, 0.15) is 10.8 Å². The Bertz CT molecular complexity index is 916. The number of anilines is 1. The SMILES string of the molecule is Cc1ccc(O[C@H](C)C(=O)Nc2sc3c(c2C(=O)N2CCOCC2)CCCC3)cc1. The van der Waals surface area contributed by atoms with E-state index in [2.05, 4.69) is 5.32 Å². The molecule has 1 aliphatic heterocycles. The summed E-state index contributed by atoms with van der Waals surface area (Å²) in [7, 11) is 0. The van der Waals surface area contributed by atoms with Gasteiger partial charge in [0.25, 0.3) is 11.8 Å². The van der Waals surface area contributed by atoms with Crippen LogP contribution in [0.5, 0.6) is 5.75 Å². The third-order valence-electron chi connectivity index (χ3n) is 5.62. The molecule has 1 aromatic heterocycles. The van der Waals surface area contributed by atoms with Gasteiger partial charge in [-0.2, -0.15) is 0 Å². The number of aryl methyl sites for hydroxylation is 2. The highest BCUT2D eigenvalue weighted by Crippen LogP contribution is 2.39. The van der Waals surface area contributed by atoms with Gasteiger partial charge in [0.2, 0.25) is 0 Å². The molecule has 2 aliphatic rings. The average Bonchev–Trinajstić information content (AvgIpc) is 3.13. The van der Waals surface area contributed by atoms with Gasteiger partial charge in [-0.15, -0.1) is 11.3 Å². The van der Waals surface area contributed by atoms with Crippen LogP contribution in [0.4, 0.5) is 5.00 Å². The average molecular weight is 429 g/mol. The first-order chi connectivity index (χ1) is 14.5. The molecule has 1 aromatic carbocycles. The fraction of sp³-hybridized carbons (Fsp3) is 0.478. The molecule has 0 bridgehead atoms. The van der Waals surface area contributed by atoms with Crippen LogP contribution in [0, 0.1) is 6.92 Å². The molecular weight excluding hydrogens is 400 g/mol. The fourth-order valence-corrected chi connectivity index (χ4v) is 5.18. The Morgan fingerprint density at radius 1 is 1.13 bits per heavy atom. The lowest BCUT2D eigenvalue weighted by Gasteiger charge is -2.28. The predicted octanol–water partition coefficient (Wildman–Crippen LogP) is 3.81. The number of rotatable bonds is 5. The molecule has 2 amide bonds. The molecule has 0 saturated carbocycles. The first kappa shape index (κ1) is 20.9. The lowest BCUT2D eigenvalue weighted by atomic mass is 9.95. The van der Waals surface area contributed by atoms with Gasteiger partial charge in [0.15, 0.2) is 6.10 Å². The molecule has 6 nitrogen and oxygen atoms in total. The van der Waals surface area contributed by atoms with E-state index in [4.69, 9.17) is 9.47 Å².